The number of ether oxygens (including phenoxy) is 1. The van der Waals surface area contributed by atoms with Crippen LogP contribution in [0.1, 0.15) is 10.4 Å². The molecule has 1 aromatic carbocycles. The van der Waals surface area contributed by atoms with E-state index in [4.69, 9.17) is 4.74 Å². The van der Waals surface area contributed by atoms with Gasteiger partial charge in [0.15, 0.2) is 5.78 Å². The number of rotatable bonds is 6. The Hall–Kier alpha value is -1.00. The Morgan fingerprint density at radius 3 is 2.60 bits per heavy atom. The van der Waals surface area contributed by atoms with Gasteiger partial charge in [0, 0.05) is 29.2 Å². The number of benzene rings is 1. The van der Waals surface area contributed by atoms with Crippen LogP contribution in [0.25, 0.3) is 0 Å². The van der Waals surface area contributed by atoms with E-state index in [-0.39, 0.29) is 11.5 Å². The Kier molecular flexibility index (Phi) is 5.21. The van der Waals surface area contributed by atoms with Gasteiger partial charge in [-0.3, -0.25) is 9.00 Å². The second-order valence-corrected chi connectivity index (χ2v) is 4.65. The van der Waals surface area contributed by atoms with Crippen molar-refractivity contribution in [3.63, 3.8) is 0 Å². The van der Waals surface area contributed by atoms with Gasteiger partial charge in [-0.15, -0.1) is 0 Å². The van der Waals surface area contributed by atoms with Gasteiger partial charge in [0.05, 0.1) is 12.4 Å². The summed E-state index contributed by atoms with van der Waals surface area (Å²) in [6.07, 6.45) is 0. The molecule has 0 N–H and O–H groups in total. The van der Waals surface area contributed by atoms with E-state index in [1.54, 1.807) is 31.4 Å². The molecule has 1 unspecified atom stereocenters. The van der Waals surface area contributed by atoms with E-state index in [1.165, 1.54) is 0 Å². The Morgan fingerprint density at radius 2 is 2.00 bits per heavy atom. The molecule has 0 bridgehead atoms. The first-order valence-corrected chi connectivity index (χ1v) is 6.15. The molecule has 0 saturated carbocycles. The highest BCUT2D eigenvalue weighted by Gasteiger charge is 2.09. The van der Waals surface area contributed by atoms with Gasteiger partial charge in [-0.1, -0.05) is 30.3 Å². The van der Waals surface area contributed by atoms with Gasteiger partial charge in [0.1, 0.15) is 0 Å². The van der Waals surface area contributed by atoms with Crippen LogP contribution in [0.3, 0.4) is 0 Å². The molecule has 0 amide bonds. The van der Waals surface area contributed by atoms with Crippen LogP contribution in [0.15, 0.2) is 30.3 Å². The summed E-state index contributed by atoms with van der Waals surface area (Å²) in [5.74, 6) is 0.410. The van der Waals surface area contributed by atoms with Gasteiger partial charge in [0.25, 0.3) is 0 Å². The third-order valence-corrected chi connectivity index (χ3v) is 3.11. The molecule has 0 saturated heterocycles. The lowest BCUT2D eigenvalue weighted by molar-refractivity contribution is 0.102. The standard InChI is InChI=1S/C11H14O3S/c1-14-7-8-15(13)9-11(12)10-5-3-2-4-6-10/h2-6H,7-9H2,1H3. The van der Waals surface area contributed by atoms with E-state index >= 15 is 0 Å². The van der Waals surface area contributed by atoms with Crippen molar-refractivity contribution >= 4 is 16.6 Å². The van der Waals surface area contributed by atoms with Gasteiger partial charge in [0.2, 0.25) is 0 Å². The van der Waals surface area contributed by atoms with E-state index in [0.29, 0.717) is 17.9 Å². The lowest BCUT2D eigenvalue weighted by atomic mass is 10.2. The fourth-order valence-electron chi connectivity index (χ4n) is 1.10. The van der Waals surface area contributed by atoms with Crippen molar-refractivity contribution in [1.82, 2.24) is 0 Å². The van der Waals surface area contributed by atoms with Gasteiger partial charge >= 0.3 is 0 Å². The number of methoxy groups -OCH3 is 1. The lowest BCUT2D eigenvalue weighted by Crippen LogP contribution is -2.15. The second-order valence-electron chi connectivity index (χ2n) is 3.07. The molecule has 1 aromatic rings. The molecule has 15 heavy (non-hydrogen) atoms. The van der Waals surface area contributed by atoms with Crippen LogP contribution in [-0.2, 0) is 15.5 Å². The molecule has 82 valence electrons. The summed E-state index contributed by atoms with van der Waals surface area (Å²) in [5.41, 5.74) is 0.614. The highest BCUT2D eigenvalue weighted by Crippen LogP contribution is 2.01. The fraction of sp³-hybridized carbons (Fsp3) is 0.364. The third kappa shape index (κ3) is 4.36. The van der Waals surface area contributed by atoms with Crippen molar-refractivity contribution in [1.29, 1.82) is 0 Å². The second kappa shape index (κ2) is 6.48. The minimum absolute atomic E-state index is 0.0768. The van der Waals surface area contributed by atoms with Crippen LogP contribution in [0.5, 0.6) is 0 Å². The first-order valence-electron chi connectivity index (χ1n) is 4.66. The summed E-state index contributed by atoms with van der Waals surface area (Å²) in [6, 6.07) is 8.90. The first kappa shape index (κ1) is 12.1. The summed E-state index contributed by atoms with van der Waals surface area (Å²) >= 11 is 0. The summed E-state index contributed by atoms with van der Waals surface area (Å²) < 4.78 is 16.2. The van der Waals surface area contributed by atoms with E-state index in [2.05, 4.69) is 0 Å². The number of ketones is 1. The van der Waals surface area contributed by atoms with Gasteiger partial charge in [-0.25, -0.2) is 0 Å². The molecule has 0 aliphatic heterocycles. The Labute approximate surface area is 91.9 Å². The summed E-state index contributed by atoms with van der Waals surface area (Å²) in [7, 11) is 0.427. The number of carbonyl (C=O) groups is 1. The van der Waals surface area contributed by atoms with E-state index in [1.807, 2.05) is 6.07 Å². The van der Waals surface area contributed by atoms with E-state index in [0.717, 1.165) is 0 Å². The average molecular weight is 226 g/mol. The third-order valence-electron chi connectivity index (χ3n) is 1.90. The molecule has 0 spiro atoms. The Balaban J connectivity index is 2.46. The van der Waals surface area contributed by atoms with Crippen LogP contribution < -0.4 is 0 Å². The molecule has 0 fully saturated rings. The summed E-state index contributed by atoms with van der Waals surface area (Å²) in [5, 5.41) is 0. The maximum Gasteiger partial charge on any atom is 0.175 e. The van der Waals surface area contributed by atoms with Crippen LogP contribution in [-0.4, -0.2) is 35.2 Å². The highest BCUT2D eigenvalue weighted by atomic mass is 32.2. The topological polar surface area (TPSA) is 43.4 Å². The normalized spacial score (nSPS) is 12.3. The Bertz CT molecular complexity index is 335. The van der Waals surface area contributed by atoms with Gasteiger partial charge < -0.3 is 4.74 Å². The number of hydrogen-bond donors (Lipinski definition) is 0. The van der Waals surface area contributed by atoms with E-state index < -0.39 is 10.8 Å². The van der Waals surface area contributed by atoms with Crippen molar-refractivity contribution < 1.29 is 13.7 Å². The molecule has 4 heteroatoms. The maximum atomic E-state index is 11.6. The van der Waals surface area contributed by atoms with Crippen LogP contribution in [0.2, 0.25) is 0 Å². The summed E-state index contributed by atoms with van der Waals surface area (Å²) in [6.45, 7) is 0.425. The largest absolute Gasteiger partial charge is 0.384 e. The number of Topliss-reactive ketones (excluding diaryl/α,β-unsaturated/α-hetero) is 1. The first-order chi connectivity index (χ1) is 7.24. The fourth-order valence-corrected chi connectivity index (χ4v) is 2.06. The van der Waals surface area contributed by atoms with Crippen molar-refractivity contribution in [3.8, 4) is 0 Å². The predicted molar refractivity (Wildman–Crippen MR) is 60.5 cm³/mol. The molecule has 0 radical (unpaired) electrons. The van der Waals surface area contributed by atoms with Gasteiger partial charge in [-0.2, -0.15) is 0 Å². The molecule has 1 rings (SSSR count). The SMILES string of the molecule is COCCS(=O)CC(=O)c1ccccc1. The van der Waals surface area contributed by atoms with Crippen molar-refractivity contribution in [2.24, 2.45) is 0 Å². The molecule has 1 atom stereocenters. The maximum absolute atomic E-state index is 11.6. The molecule has 3 nitrogen and oxygen atoms in total. The predicted octanol–water partition coefficient (Wildman–Crippen LogP) is 1.26. The smallest absolute Gasteiger partial charge is 0.175 e. The minimum atomic E-state index is -1.13. The molecule has 0 aliphatic rings. The van der Waals surface area contributed by atoms with Crippen molar-refractivity contribution in [2.45, 2.75) is 0 Å². The zero-order chi connectivity index (χ0) is 11.1. The molecule has 0 aromatic heterocycles. The summed E-state index contributed by atoms with van der Waals surface area (Å²) in [4.78, 5) is 11.6. The van der Waals surface area contributed by atoms with Crippen LogP contribution in [0, 0.1) is 0 Å². The Morgan fingerprint density at radius 1 is 1.33 bits per heavy atom. The zero-order valence-electron chi connectivity index (χ0n) is 8.64. The highest BCUT2D eigenvalue weighted by molar-refractivity contribution is 7.85. The van der Waals surface area contributed by atoms with Gasteiger partial charge in [-0.05, 0) is 0 Å². The van der Waals surface area contributed by atoms with Crippen LogP contribution in [0.4, 0.5) is 0 Å². The van der Waals surface area contributed by atoms with Crippen LogP contribution >= 0.6 is 0 Å². The van der Waals surface area contributed by atoms with Crippen molar-refractivity contribution in [3.05, 3.63) is 35.9 Å². The number of hydrogen-bond acceptors (Lipinski definition) is 3. The van der Waals surface area contributed by atoms with E-state index in [9.17, 15) is 9.00 Å². The molecular formula is C11H14O3S. The monoisotopic (exact) mass is 226 g/mol. The molecular weight excluding hydrogens is 212 g/mol. The number of carbonyl (C=O) groups excluding carboxylic acids is 1. The lowest BCUT2D eigenvalue weighted by Gasteiger charge is -2.01. The quantitative estimate of drug-likeness (QED) is 0.686. The molecule has 0 heterocycles. The average Bonchev–Trinajstić information content (AvgIpc) is 2.27. The minimum Gasteiger partial charge on any atom is -0.384 e. The molecule has 0 aliphatic carbocycles. The van der Waals surface area contributed by atoms with Crippen molar-refractivity contribution in [2.75, 3.05) is 25.2 Å². The zero-order valence-corrected chi connectivity index (χ0v) is 9.46.